The highest BCUT2D eigenvalue weighted by atomic mass is 16.5. The van der Waals surface area contributed by atoms with Crippen LogP contribution in [-0.2, 0) is 9.53 Å². The van der Waals surface area contributed by atoms with E-state index < -0.39 is 5.54 Å². The smallest absolute Gasteiger partial charge is 0.326 e. The highest BCUT2D eigenvalue weighted by molar-refractivity contribution is 5.80. The molecule has 3 aliphatic rings. The van der Waals surface area contributed by atoms with Gasteiger partial charge in [0.2, 0.25) is 0 Å². The van der Waals surface area contributed by atoms with Gasteiger partial charge in [-0.1, -0.05) is 20.8 Å². The van der Waals surface area contributed by atoms with E-state index in [1.165, 1.54) is 19.3 Å². The van der Waals surface area contributed by atoms with Crippen LogP contribution in [0.3, 0.4) is 0 Å². The summed E-state index contributed by atoms with van der Waals surface area (Å²) in [7, 11) is 0. The second-order valence-electron chi connectivity index (χ2n) is 8.22. The SMILES string of the molecule is CC1(C(=O)OC2CC3CCC2(C)C3(C)C)CCCCN1. The second kappa shape index (κ2) is 4.46. The molecule has 1 heterocycles. The number of rotatable bonds is 2. The summed E-state index contributed by atoms with van der Waals surface area (Å²) < 4.78 is 6.02. The van der Waals surface area contributed by atoms with Crippen molar-refractivity contribution < 1.29 is 9.53 Å². The quantitative estimate of drug-likeness (QED) is 0.788. The van der Waals surface area contributed by atoms with Gasteiger partial charge in [-0.05, 0) is 63.3 Å². The summed E-state index contributed by atoms with van der Waals surface area (Å²) >= 11 is 0. The van der Waals surface area contributed by atoms with Crippen molar-refractivity contribution in [3.8, 4) is 0 Å². The molecule has 2 saturated carbocycles. The Morgan fingerprint density at radius 1 is 1.15 bits per heavy atom. The van der Waals surface area contributed by atoms with E-state index >= 15 is 0 Å². The van der Waals surface area contributed by atoms with Gasteiger partial charge in [0.05, 0.1) is 0 Å². The molecule has 0 radical (unpaired) electrons. The van der Waals surface area contributed by atoms with Gasteiger partial charge in [0.15, 0.2) is 0 Å². The van der Waals surface area contributed by atoms with Crippen molar-refractivity contribution in [1.82, 2.24) is 5.32 Å². The van der Waals surface area contributed by atoms with E-state index in [9.17, 15) is 4.79 Å². The van der Waals surface area contributed by atoms with Crippen molar-refractivity contribution >= 4 is 5.97 Å². The number of hydrogen-bond donors (Lipinski definition) is 1. The Balaban J connectivity index is 1.72. The predicted molar refractivity (Wildman–Crippen MR) is 79.4 cm³/mol. The highest BCUT2D eigenvalue weighted by Gasteiger charge is 2.63. The average molecular weight is 279 g/mol. The second-order valence-corrected chi connectivity index (χ2v) is 8.22. The lowest BCUT2D eigenvalue weighted by Crippen LogP contribution is -2.54. The maximum Gasteiger partial charge on any atom is 0.326 e. The number of carbonyl (C=O) groups excluding carboxylic acids is 1. The summed E-state index contributed by atoms with van der Waals surface area (Å²) in [4.78, 5) is 12.6. The van der Waals surface area contributed by atoms with Crippen LogP contribution in [-0.4, -0.2) is 24.2 Å². The molecule has 0 aromatic carbocycles. The number of esters is 1. The highest BCUT2D eigenvalue weighted by Crippen LogP contribution is 2.66. The zero-order valence-electron chi connectivity index (χ0n) is 13.4. The summed E-state index contributed by atoms with van der Waals surface area (Å²) in [6.45, 7) is 9.99. The molecule has 3 nitrogen and oxygen atoms in total. The fourth-order valence-corrected chi connectivity index (χ4v) is 4.80. The van der Waals surface area contributed by atoms with Crippen molar-refractivity contribution in [2.75, 3.05) is 6.54 Å². The van der Waals surface area contributed by atoms with Gasteiger partial charge in [0.25, 0.3) is 0 Å². The van der Waals surface area contributed by atoms with Gasteiger partial charge in [-0.3, -0.25) is 4.79 Å². The van der Waals surface area contributed by atoms with Crippen LogP contribution in [0.4, 0.5) is 0 Å². The molecule has 1 saturated heterocycles. The van der Waals surface area contributed by atoms with Crippen molar-refractivity contribution in [3.63, 3.8) is 0 Å². The topological polar surface area (TPSA) is 38.3 Å². The Bertz CT molecular complexity index is 411. The Labute approximate surface area is 122 Å². The number of carbonyl (C=O) groups is 1. The average Bonchev–Trinajstić information content (AvgIpc) is 2.73. The molecule has 4 atom stereocenters. The van der Waals surface area contributed by atoms with Crippen LogP contribution in [0.15, 0.2) is 0 Å². The van der Waals surface area contributed by atoms with Crippen LogP contribution in [0.5, 0.6) is 0 Å². The maximum atomic E-state index is 12.6. The first kappa shape index (κ1) is 14.4. The first-order chi connectivity index (χ1) is 9.30. The molecule has 2 aliphatic carbocycles. The number of nitrogens with one attached hydrogen (secondary N) is 1. The van der Waals surface area contributed by atoms with E-state index in [4.69, 9.17) is 4.74 Å². The van der Waals surface area contributed by atoms with E-state index in [2.05, 4.69) is 26.1 Å². The number of fused-ring (bicyclic) bond motifs is 2. The number of hydrogen-bond acceptors (Lipinski definition) is 3. The maximum absolute atomic E-state index is 12.6. The molecule has 3 fully saturated rings. The van der Waals surface area contributed by atoms with Gasteiger partial charge in [-0.15, -0.1) is 0 Å². The summed E-state index contributed by atoms with van der Waals surface area (Å²) in [5, 5.41) is 3.37. The Morgan fingerprint density at radius 2 is 1.90 bits per heavy atom. The van der Waals surface area contributed by atoms with Crippen molar-refractivity contribution in [2.24, 2.45) is 16.7 Å². The van der Waals surface area contributed by atoms with Crippen LogP contribution >= 0.6 is 0 Å². The molecule has 20 heavy (non-hydrogen) atoms. The monoisotopic (exact) mass is 279 g/mol. The lowest BCUT2D eigenvalue weighted by atomic mass is 9.70. The summed E-state index contributed by atoms with van der Waals surface area (Å²) in [5.41, 5.74) is 0.0117. The molecule has 3 rings (SSSR count). The van der Waals surface area contributed by atoms with E-state index in [1.807, 2.05) is 6.92 Å². The molecular formula is C17H29NO2. The zero-order chi connectivity index (χ0) is 14.6. The molecule has 114 valence electrons. The molecule has 0 amide bonds. The first-order valence-corrected chi connectivity index (χ1v) is 8.26. The molecular weight excluding hydrogens is 250 g/mol. The normalized spacial score (nSPS) is 46.4. The Morgan fingerprint density at radius 3 is 2.40 bits per heavy atom. The van der Waals surface area contributed by atoms with Gasteiger partial charge >= 0.3 is 5.97 Å². The Hall–Kier alpha value is -0.570. The summed E-state index contributed by atoms with van der Waals surface area (Å²) in [6.07, 6.45) is 6.87. The molecule has 2 bridgehead atoms. The third-order valence-electron chi connectivity index (χ3n) is 7.03. The molecule has 3 heteroatoms. The standard InChI is InChI=1S/C17H29NO2/c1-15(2)12-7-9-16(15,3)13(11-12)20-14(19)17(4)8-5-6-10-18-17/h12-13,18H,5-11H2,1-4H3. The minimum absolute atomic E-state index is 0.0215. The van der Waals surface area contributed by atoms with E-state index in [1.54, 1.807) is 0 Å². The van der Waals surface area contributed by atoms with E-state index in [0.717, 1.165) is 31.7 Å². The Kier molecular flexibility index (Phi) is 3.20. The van der Waals surface area contributed by atoms with Crippen LogP contribution in [0.2, 0.25) is 0 Å². The van der Waals surface area contributed by atoms with Gasteiger partial charge in [-0.2, -0.15) is 0 Å². The van der Waals surface area contributed by atoms with Gasteiger partial charge in [0, 0.05) is 5.41 Å². The van der Waals surface area contributed by atoms with E-state index in [-0.39, 0.29) is 17.5 Å². The largest absolute Gasteiger partial charge is 0.460 e. The third kappa shape index (κ3) is 1.85. The van der Waals surface area contributed by atoms with E-state index in [0.29, 0.717) is 5.41 Å². The fraction of sp³-hybridized carbons (Fsp3) is 0.941. The van der Waals surface area contributed by atoms with Crippen molar-refractivity contribution in [1.29, 1.82) is 0 Å². The van der Waals surface area contributed by atoms with Gasteiger partial charge in [-0.25, -0.2) is 0 Å². The van der Waals surface area contributed by atoms with Crippen LogP contribution < -0.4 is 5.32 Å². The minimum atomic E-state index is -0.458. The van der Waals surface area contributed by atoms with Gasteiger partial charge in [0.1, 0.15) is 11.6 Å². The molecule has 0 aromatic rings. The molecule has 0 aromatic heterocycles. The molecule has 4 unspecified atom stereocenters. The predicted octanol–water partition coefficient (Wildman–Crippen LogP) is 3.28. The molecule has 1 N–H and O–H groups in total. The van der Waals surface area contributed by atoms with Crippen LogP contribution in [0, 0.1) is 16.7 Å². The number of piperidine rings is 1. The summed E-state index contributed by atoms with van der Waals surface area (Å²) in [5.74, 6) is 0.698. The van der Waals surface area contributed by atoms with Crippen molar-refractivity contribution in [3.05, 3.63) is 0 Å². The fourth-order valence-electron chi connectivity index (χ4n) is 4.80. The summed E-state index contributed by atoms with van der Waals surface area (Å²) in [6, 6.07) is 0. The van der Waals surface area contributed by atoms with Crippen LogP contribution in [0.1, 0.15) is 66.2 Å². The molecule has 0 spiro atoms. The molecule has 1 aliphatic heterocycles. The van der Waals surface area contributed by atoms with Gasteiger partial charge < -0.3 is 10.1 Å². The zero-order valence-corrected chi connectivity index (χ0v) is 13.4. The third-order valence-corrected chi connectivity index (χ3v) is 7.03. The minimum Gasteiger partial charge on any atom is -0.460 e. The lowest BCUT2D eigenvalue weighted by molar-refractivity contribution is -0.165. The lowest BCUT2D eigenvalue weighted by Gasteiger charge is -2.40. The first-order valence-electron chi connectivity index (χ1n) is 8.26. The van der Waals surface area contributed by atoms with Crippen LogP contribution in [0.25, 0.3) is 0 Å². The van der Waals surface area contributed by atoms with Crippen molar-refractivity contribution in [2.45, 2.75) is 77.9 Å². The number of ether oxygens (including phenoxy) is 1.